The number of rotatable bonds is 11. The third-order valence-corrected chi connectivity index (χ3v) is 5.08. The van der Waals surface area contributed by atoms with Crippen LogP contribution in [0.5, 0.6) is 11.5 Å². The van der Waals surface area contributed by atoms with Crippen LogP contribution in [0.15, 0.2) is 66.7 Å². The molecule has 35 heavy (non-hydrogen) atoms. The highest BCUT2D eigenvalue weighted by Crippen LogP contribution is 2.36. The molecular formula is C25H26N4O6. The van der Waals surface area contributed by atoms with Crippen molar-refractivity contribution in [1.82, 2.24) is 0 Å². The number of nitro benzene ring substituents is 1. The Labute approximate surface area is 202 Å². The molecule has 0 unspecified atom stereocenters. The Morgan fingerprint density at radius 2 is 1.46 bits per heavy atom. The summed E-state index contributed by atoms with van der Waals surface area (Å²) in [6, 6.07) is 18.2. The quantitative estimate of drug-likeness (QED) is 0.207. The van der Waals surface area contributed by atoms with E-state index in [0.29, 0.717) is 47.1 Å². The minimum atomic E-state index is -0.458. The molecule has 0 aromatic heterocycles. The van der Waals surface area contributed by atoms with E-state index in [9.17, 15) is 19.7 Å². The Morgan fingerprint density at radius 3 is 2.09 bits per heavy atom. The zero-order chi connectivity index (χ0) is 25.2. The standard InChI is InChI=1S/C25H26N4O6/c1-34-22-16-20(28-25(31)17-9-4-3-5-10-17)23(35-2)15-19(22)27-24(30)13-8-14-26-18-11-6-7-12-21(18)29(32)33/h3-7,9-12,15-16,26H,8,13-14H2,1-2H3,(H,27,30)(H,28,31). The summed E-state index contributed by atoms with van der Waals surface area (Å²) in [4.78, 5) is 35.7. The number of benzene rings is 3. The number of para-hydroxylation sites is 2. The van der Waals surface area contributed by atoms with Gasteiger partial charge in [-0.05, 0) is 24.6 Å². The maximum absolute atomic E-state index is 12.5. The zero-order valence-electron chi connectivity index (χ0n) is 19.4. The van der Waals surface area contributed by atoms with Gasteiger partial charge in [0.15, 0.2) is 0 Å². The number of nitro groups is 1. The summed E-state index contributed by atoms with van der Waals surface area (Å²) >= 11 is 0. The first-order valence-corrected chi connectivity index (χ1v) is 10.8. The van der Waals surface area contributed by atoms with Crippen LogP contribution in [0.4, 0.5) is 22.7 Å². The number of nitrogens with one attached hydrogen (secondary N) is 3. The van der Waals surface area contributed by atoms with E-state index in [1.807, 2.05) is 6.07 Å². The van der Waals surface area contributed by atoms with Crippen LogP contribution in [-0.4, -0.2) is 37.5 Å². The maximum Gasteiger partial charge on any atom is 0.292 e. The topological polar surface area (TPSA) is 132 Å². The number of carbonyl (C=O) groups is 2. The molecule has 3 rings (SSSR count). The summed E-state index contributed by atoms with van der Waals surface area (Å²) in [6.45, 7) is 0.378. The van der Waals surface area contributed by atoms with Gasteiger partial charge in [-0.15, -0.1) is 0 Å². The van der Waals surface area contributed by atoms with E-state index in [2.05, 4.69) is 16.0 Å². The largest absolute Gasteiger partial charge is 0.494 e. The van der Waals surface area contributed by atoms with Gasteiger partial charge < -0.3 is 25.4 Å². The summed E-state index contributed by atoms with van der Waals surface area (Å²) in [7, 11) is 2.91. The van der Waals surface area contributed by atoms with Crippen LogP contribution in [-0.2, 0) is 4.79 Å². The number of ether oxygens (including phenoxy) is 2. The number of nitrogens with zero attached hydrogens (tertiary/aromatic N) is 1. The Bertz CT molecular complexity index is 1200. The molecule has 0 radical (unpaired) electrons. The molecular weight excluding hydrogens is 452 g/mol. The van der Waals surface area contributed by atoms with Crippen molar-refractivity contribution in [2.24, 2.45) is 0 Å². The molecule has 0 spiro atoms. The zero-order valence-corrected chi connectivity index (χ0v) is 19.4. The number of carbonyl (C=O) groups excluding carboxylic acids is 2. The number of hydrogen-bond acceptors (Lipinski definition) is 7. The first-order chi connectivity index (χ1) is 16.9. The fraction of sp³-hybridized carbons (Fsp3) is 0.200. The lowest BCUT2D eigenvalue weighted by molar-refractivity contribution is -0.384. The van der Waals surface area contributed by atoms with Crippen LogP contribution in [0.1, 0.15) is 23.2 Å². The predicted molar refractivity (Wildman–Crippen MR) is 133 cm³/mol. The molecule has 3 N–H and O–H groups in total. The third kappa shape index (κ3) is 6.70. The van der Waals surface area contributed by atoms with Gasteiger partial charge in [-0.25, -0.2) is 0 Å². The number of anilines is 3. The molecule has 0 atom stereocenters. The van der Waals surface area contributed by atoms with Gasteiger partial charge in [-0.3, -0.25) is 19.7 Å². The Kier molecular flexibility index (Phi) is 8.60. The molecule has 0 aliphatic carbocycles. The van der Waals surface area contributed by atoms with Gasteiger partial charge in [0, 0.05) is 36.7 Å². The van der Waals surface area contributed by atoms with E-state index in [1.165, 1.54) is 20.3 Å². The Hall–Kier alpha value is -4.60. The van der Waals surface area contributed by atoms with E-state index in [1.54, 1.807) is 54.6 Å². The van der Waals surface area contributed by atoms with Crippen molar-refractivity contribution in [2.45, 2.75) is 12.8 Å². The van der Waals surface area contributed by atoms with Gasteiger partial charge in [0.1, 0.15) is 17.2 Å². The highest BCUT2D eigenvalue weighted by molar-refractivity contribution is 6.05. The van der Waals surface area contributed by atoms with Crippen molar-refractivity contribution in [2.75, 3.05) is 36.7 Å². The molecule has 0 aliphatic rings. The molecule has 0 saturated heterocycles. The maximum atomic E-state index is 12.5. The summed E-state index contributed by atoms with van der Waals surface area (Å²) in [5.41, 5.74) is 1.65. The fourth-order valence-electron chi connectivity index (χ4n) is 3.34. The summed E-state index contributed by atoms with van der Waals surface area (Å²) < 4.78 is 10.8. The lowest BCUT2D eigenvalue weighted by Crippen LogP contribution is -2.15. The average Bonchev–Trinajstić information content (AvgIpc) is 2.87. The van der Waals surface area contributed by atoms with Gasteiger partial charge in [-0.2, -0.15) is 0 Å². The van der Waals surface area contributed by atoms with E-state index in [-0.39, 0.29) is 23.9 Å². The molecule has 10 heteroatoms. The number of amides is 2. The van der Waals surface area contributed by atoms with Crippen molar-refractivity contribution in [3.05, 3.63) is 82.4 Å². The molecule has 0 saturated carbocycles. The van der Waals surface area contributed by atoms with Crippen molar-refractivity contribution in [3.8, 4) is 11.5 Å². The van der Waals surface area contributed by atoms with Gasteiger partial charge >= 0.3 is 0 Å². The van der Waals surface area contributed by atoms with E-state index in [4.69, 9.17) is 9.47 Å². The first-order valence-electron chi connectivity index (χ1n) is 10.8. The minimum Gasteiger partial charge on any atom is -0.494 e. The Balaban J connectivity index is 1.61. The highest BCUT2D eigenvalue weighted by atomic mass is 16.6. The van der Waals surface area contributed by atoms with E-state index in [0.717, 1.165) is 0 Å². The molecule has 3 aromatic rings. The van der Waals surface area contributed by atoms with Gasteiger partial charge in [0.2, 0.25) is 5.91 Å². The lowest BCUT2D eigenvalue weighted by atomic mass is 10.2. The molecule has 0 fully saturated rings. The van der Waals surface area contributed by atoms with Crippen LogP contribution in [0, 0.1) is 10.1 Å². The fourth-order valence-corrected chi connectivity index (χ4v) is 3.34. The molecule has 0 heterocycles. The minimum absolute atomic E-state index is 0.0202. The van der Waals surface area contributed by atoms with Gasteiger partial charge in [0.05, 0.1) is 30.5 Å². The van der Waals surface area contributed by atoms with Crippen LogP contribution in [0.3, 0.4) is 0 Å². The molecule has 2 amide bonds. The Morgan fingerprint density at radius 1 is 0.857 bits per heavy atom. The molecule has 0 bridgehead atoms. The summed E-state index contributed by atoms with van der Waals surface area (Å²) in [5, 5.41) is 19.7. The second-order valence-corrected chi connectivity index (χ2v) is 7.43. The number of hydrogen-bond donors (Lipinski definition) is 3. The van der Waals surface area contributed by atoms with Crippen LogP contribution < -0.4 is 25.4 Å². The van der Waals surface area contributed by atoms with Crippen molar-refractivity contribution in [1.29, 1.82) is 0 Å². The lowest BCUT2D eigenvalue weighted by Gasteiger charge is -2.16. The van der Waals surface area contributed by atoms with Crippen molar-refractivity contribution in [3.63, 3.8) is 0 Å². The SMILES string of the molecule is COc1cc(NC(=O)c2ccccc2)c(OC)cc1NC(=O)CCCNc1ccccc1[N+](=O)[O-]. The predicted octanol–water partition coefficient (Wildman–Crippen LogP) is 4.70. The normalized spacial score (nSPS) is 10.2. The van der Waals surface area contributed by atoms with Crippen molar-refractivity contribution >= 4 is 34.6 Å². The second-order valence-electron chi connectivity index (χ2n) is 7.43. The van der Waals surface area contributed by atoms with Crippen LogP contribution >= 0.6 is 0 Å². The monoisotopic (exact) mass is 478 g/mol. The summed E-state index contributed by atoms with van der Waals surface area (Å²) in [5.74, 6) is 0.119. The third-order valence-electron chi connectivity index (χ3n) is 5.08. The van der Waals surface area contributed by atoms with Gasteiger partial charge in [-0.1, -0.05) is 30.3 Å². The highest BCUT2D eigenvalue weighted by Gasteiger charge is 2.16. The first kappa shape index (κ1) is 25.0. The van der Waals surface area contributed by atoms with Crippen molar-refractivity contribution < 1.29 is 24.0 Å². The molecule has 3 aromatic carbocycles. The van der Waals surface area contributed by atoms with Crippen LogP contribution in [0.2, 0.25) is 0 Å². The van der Waals surface area contributed by atoms with Gasteiger partial charge in [0.25, 0.3) is 11.6 Å². The molecule has 182 valence electrons. The second kappa shape index (κ2) is 12.0. The number of methoxy groups -OCH3 is 2. The average molecular weight is 479 g/mol. The summed E-state index contributed by atoms with van der Waals surface area (Å²) in [6.07, 6.45) is 0.619. The van der Waals surface area contributed by atoms with E-state index < -0.39 is 4.92 Å². The molecule has 0 aliphatic heterocycles. The smallest absolute Gasteiger partial charge is 0.292 e. The molecule has 10 nitrogen and oxygen atoms in total. The van der Waals surface area contributed by atoms with E-state index >= 15 is 0 Å². The van der Waals surface area contributed by atoms with Crippen LogP contribution in [0.25, 0.3) is 0 Å².